The molecule has 3 rings (SSSR count). The minimum absolute atomic E-state index is 0.232. The third-order valence-electron chi connectivity index (χ3n) is 4.08. The molecule has 7 heteroatoms. The van der Waals surface area contributed by atoms with E-state index >= 15 is 0 Å². The molecule has 1 unspecified atom stereocenters. The van der Waals surface area contributed by atoms with E-state index in [0.717, 1.165) is 18.5 Å². The number of nitrogens with one attached hydrogen (secondary N) is 1. The summed E-state index contributed by atoms with van der Waals surface area (Å²) >= 11 is 0. The average molecular weight is 306 g/mol. The fourth-order valence-corrected chi connectivity index (χ4v) is 4.43. The molecule has 112 valence electrons. The van der Waals surface area contributed by atoms with Crippen molar-refractivity contribution in [2.75, 3.05) is 13.1 Å². The van der Waals surface area contributed by atoms with Crippen molar-refractivity contribution in [1.29, 1.82) is 0 Å². The van der Waals surface area contributed by atoms with E-state index in [2.05, 4.69) is 22.1 Å². The standard InChI is InChI=1S/C14H18N4O2S/c1-14(13-5-8-16-17-13)6-3-9-18(11-14)21(19,20)12-4-2-7-15-10-12/h2,4-5,7-8,10H,3,6,9,11H2,1H3,(H,16,17). The zero-order chi connectivity index (χ0) is 14.9. The summed E-state index contributed by atoms with van der Waals surface area (Å²) in [5.41, 5.74) is 0.748. The molecule has 1 aliphatic heterocycles. The van der Waals surface area contributed by atoms with Gasteiger partial charge in [-0.3, -0.25) is 10.1 Å². The van der Waals surface area contributed by atoms with E-state index in [9.17, 15) is 8.42 Å². The number of nitrogens with zero attached hydrogens (tertiary/aromatic N) is 3. The van der Waals surface area contributed by atoms with Crippen molar-refractivity contribution in [2.45, 2.75) is 30.1 Å². The van der Waals surface area contributed by atoms with Crippen molar-refractivity contribution in [2.24, 2.45) is 0 Å². The van der Waals surface area contributed by atoms with Gasteiger partial charge in [0, 0.05) is 42.8 Å². The van der Waals surface area contributed by atoms with Gasteiger partial charge < -0.3 is 0 Å². The van der Waals surface area contributed by atoms with Crippen LogP contribution in [0.5, 0.6) is 0 Å². The monoisotopic (exact) mass is 306 g/mol. The lowest BCUT2D eigenvalue weighted by molar-refractivity contribution is 0.236. The van der Waals surface area contributed by atoms with Crippen LogP contribution < -0.4 is 0 Å². The molecule has 0 amide bonds. The Morgan fingerprint density at radius 1 is 1.33 bits per heavy atom. The van der Waals surface area contributed by atoms with Gasteiger partial charge in [-0.2, -0.15) is 9.40 Å². The third kappa shape index (κ3) is 2.58. The molecule has 0 aromatic carbocycles. The second-order valence-electron chi connectivity index (χ2n) is 5.66. The largest absolute Gasteiger partial charge is 0.282 e. The number of hydrogen-bond donors (Lipinski definition) is 1. The molecule has 3 heterocycles. The highest BCUT2D eigenvalue weighted by molar-refractivity contribution is 7.89. The first kappa shape index (κ1) is 14.2. The van der Waals surface area contributed by atoms with Gasteiger partial charge in [0.15, 0.2) is 0 Å². The van der Waals surface area contributed by atoms with Gasteiger partial charge in [0.1, 0.15) is 4.90 Å². The second kappa shape index (κ2) is 5.23. The van der Waals surface area contributed by atoms with E-state index in [0.29, 0.717) is 13.1 Å². The van der Waals surface area contributed by atoms with Crippen LogP contribution in [-0.2, 0) is 15.4 Å². The Morgan fingerprint density at radius 2 is 2.19 bits per heavy atom. The van der Waals surface area contributed by atoms with Gasteiger partial charge in [0.2, 0.25) is 10.0 Å². The Hall–Kier alpha value is -1.73. The van der Waals surface area contributed by atoms with E-state index in [1.807, 2.05) is 6.07 Å². The van der Waals surface area contributed by atoms with Gasteiger partial charge in [-0.15, -0.1) is 0 Å². The molecule has 2 aromatic rings. The zero-order valence-electron chi connectivity index (χ0n) is 11.9. The molecule has 2 aromatic heterocycles. The molecule has 6 nitrogen and oxygen atoms in total. The summed E-state index contributed by atoms with van der Waals surface area (Å²) in [4.78, 5) is 4.16. The summed E-state index contributed by atoms with van der Waals surface area (Å²) in [5.74, 6) is 0. The number of piperidine rings is 1. The summed E-state index contributed by atoms with van der Waals surface area (Å²) in [5, 5.41) is 6.96. The molecule has 1 fully saturated rings. The predicted octanol–water partition coefficient (Wildman–Crippen LogP) is 1.55. The van der Waals surface area contributed by atoms with Crippen molar-refractivity contribution < 1.29 is 8.42 Å². The third-order valence-corrected chi connectivity index (χ3v) is 5.91. The molecule has 0 aliphatic carbocycles. The van der Waals surface area contributed by atoms with E-state index in [-0.39, 0.29) is 10.3 Å². The molecule has 1 aliphatic rings. The van der Waals surface area contributed by atoms with E-state index in [1.165, 1.54) is 6.20 Å². The molecule has 0 radical (unpaired) electrons. The highest BCUT2D eigenvalue weighted by atomic mass is 32.2. The van der Waals surface area contributed by atoms with Crippen LogP contribution >= 0.6 is 0 Å². The molecule has 0 saturated carbocycles. The molecular formula is C14H18N4O2S. The molecular weight excluding hydrogens is 288 g/mol. The van der Waals surface area contributed by atoms with Gasteiger partial charge in [0.05, 0.1) is 0 Å². The number of aromatic nitrogens is 3. The topological polar surface area (TPSA) is 79.0 Å². The summed E-state index contributed by atoms with van der Waals surface area (Å²) in [6, 6.07) is 5.15. The number of sulfonamides is 1. The van der Waals surface area contributed by atoms with Crippen LogP contribution in [0.2, 0.25) is 0 Å². The van der Waals surface area contributed by atoms with Crippen molar-refractivity contribution >= 4 is 10.0 Å². The molecule has 21 heavy (non-hydrogen) atoms. The summed E-state index contributed by atoms with van der Waals surface area (Å²) in [7, 11) is -3.49. The summed E-state index contributed by atoms with van der Waals surface area (Å²) in [6.45, 7) is 3.07. The fourth-order valence-electron chi connectivity index (χ4n) is 2.86. The molecule has 0 spiro atoms. The Balaban J connectivity index is 1.90. The first-order valence-electron chi connectivity index (χ1n) is 6.92. The van der Waals surface area contributed by atoms with Gasteiger partial charge >= 0.3 is 0 Å². The van der Waals surface area contributed by atoms with Crippen molar-refractivity contribution in [1.82, 2.24) is 19.5 Å². The van der Waals surface area contributed by atoms with Crippen molar-refractivity contribution in [3.05, 3.63) is 42.5 Å². The smallest absolute Gasteiger partial charge is 0.244 e. The lowest BCUT2D eigenvalue weighted by Crippen LogP contribution is -2.47. The number of H-pyrrole nitrogens is 1. The Kier molecular flexibility index (Phi) is 3.54. The molecule has 1 atom stereocenters. The second-order valence-corrected chi connectivity index (χ2v) is 7.60. The number of pyridine rings is 1. The van der Waals surface area contributed by atoms with E-state index in [1.54, 1.807) is 28.8 Å². The zero-order valence-corrected chi connectivity index (χ0v) is 12.7. The first-order chi connectivity index (χ1) is 10.0. The van der Waals surface area contributed by atoms with Crippen LogP contribution in [0.3, 0.4) is 0 Å². The lowest BCUT2D eigenvalue weighted by Gasteiger charge is -2.38. The maximum Gasteiger partial charge on any atom is 0.244 e. The maximum absolute atomic E-state index is 12.7. The van der Waals surface area contributed by atoms with Crippen LogP contribution in [-0.4, -0.2) is 41.0 Å². The lowest BCUT2D eigenvalue weighted by atomic mass is 9.80. The minimum atomic E-state index is -3.49. The molecule has 1 N–H and O–H groups in total. The minimum Gasteiger partial charge on any atom is -0.282 e. The first-order valence-corrected chi connectivity index (χ1v) is 8.36. The number of aromatic amines is 1. The van der Waals surface area contributed by atoms with Gasteiger partial charge in [-0.25, -0.2) is 8.42 Å². The van der Waals surface area contributed by atoms with Gasteiger partial charge in [-0.05, 0) is 31.0 Å². The quantitative estimate of drug-likeness (QED) is 0.933. The van der Waals surface area contributed by atoms with Crippen molar-refractivity contribution in [3.63, 3.8) is 0 Å². The highest BCUT2D eigenvalue weighted by Crippen LogP contribution is 2.34. The molecule has 0 bridgehead atoms. The number of hydrogen-bond acceptors (Lipinski definition) is 4. The summed E-state index contributed by atoms with van der Waals surface area (Å²) in [6.07, 6.45) is 6.44. The maximum atomic E-state index is 12.7. The van der Waals surface area contributed by atoms with E-state index in [4.69, 9.17) is 0 Å². The van der Waals surface area contributed by atoms with Crippen LogP contribution in [0.4, 0.5) is 0 Å². The predicted molar refractivity (Wildman–Crippen MR) is 78.2 cm³/mol. The van der Waals surface area contributed by atoms with Gasteiger partial charge in [0.25, 0.3) is 0 Å². The Labute approximate surface area is 124 Å². The van der Waals surface area contributed by atoms with Crippen molar-refractivity contribution in [3.8, 4) is 0 Å². The Morgan fingerprint density at radius 3 is 2.86 bits per heavy atom. The number of rotatable bonds is 3. The Bertz CT molecular complexity index is 700. The van der Waals surface area contributed by atoms with Crippen LogP contribution in [0.25, 0.3) is 0 Å². The average Bonchev–Trinajstić information content (AvgIpc) is 3.03. The SMILES string of the molecule is CC1(c2ccn[nH]2)CCCN(S(=O)(=O)c2cccnc2)C1. The molecule has 1 saturated heterocycles. The van der Waals surface area contributed by atoms with Crippen LogP contribution in [0.1, 0.15) is 25.5 Å². The summed E-state index contributed by atoms with van der Waals surface area (Å²) < 4.78 is 27.0. The van der Waals surface area contributed by atoms with Crippen LogP contribution in [0.15, 0.2) is 41.7 Å². The van der Waals surface area contributed by atoms with Crippen LogP contribution in [0, 0.1) is 0 Å². The van der Waals surface area contributed by atoms with E-state index < -0.39 is 10.0 Å². The normalized spacial score (nSPS) is 24.0. The van der Waals surface area contributed by atoms with Gasteiger partial charge in [-0.1, -0.05) is 6.92 Å². The highest BCUT2D eigenvalue weighted by Gasteiger charge is 2.38. The fraction of sp³-hybridized carbons (Fsp3) is 0.429.